The lowest BCUT2D eigenvalue weighted by molar-refractivity contribution is 0.520. The van der Waals surface area contributed by atoms with E-state index in [-0.39, 0.29) is 10.4 Å². The van der Waals surface area contributed by atoms with Gasteiger partial charge in [-0.05, 0) is 36.3 Å². The molecular weight excluding hydrogens is 400 g/mol. The standard InChI is InChI=1S/C23H40N2O2S2/c1-2-3-4-5-6-7-8-9-10-11-12-13-14-15-22(29(26)27)20-16-18-21(19-17-20)25-23(24)28/h16-19,22H,2-15H2,1H3,(H,26,27)(H3,24,25,28). The zero-order valence-electron chi connectivity index (χ0n) is 18.0. The molecule has 4 N–H and O–H groups in total. The number of hydrogen-bond acceptors (Lipinski definition) is 2. The normalized spacial score (nSPS) is 13.2. The smallest absolute Gasteiger partial charge is 0.168 e. The molecule has 0 bridgehead atoms. The molecule has 0 saturated heterocycles. The van der Waals surface area contributed by atoms with Gasteiger partial charge in [-0.15, -0.1) is 0 Å². The second kappa shape index (κ2) is 16.8. The Kier molecular flexibility index (Phi) is 15.1. The topological polar surface area (TPSA) is 75.3 Å². The Labute approximate surface area is 185 Å². The van der Waals surface area contributed by atoms with Crippen molar-refractivity contribution in [2.75, 3.05) is 5.32 Å². The van der Waals surface area contributed by atoms with Crippen LogP contribution in [0, 0.1) is 0 Å². The molecule has 0 radical (unpaired) electrons. The van der Waals surface area contributed by atoms with E-state index in [2.05, 4.69) is 12.2 Å². The van der Waals surface area contributed by atoms with Gasteiger partial charge in [-0.2, -0.15) is 0 Å². The van der Waals surface area contributed by atoms with E-state index >= 15 is 0 Å². The minimum atomic E-state index is -1.86. The van der Waals surface area contributed by atoms with Gasteiger partial charge in [0.1, 0.15) is 0 Å². The fourth-order valence-corrected chi connectivity index (χ4v) is 4.53. The fraction of sp³-hybridized carbons (Fsp3) is 0.696. The van der Waals surface area contributed by atoms with Crippen molar-refractivity contribution in [3.63, 3.8) is 0 Å². The zero-order chi connectivity index (χ0) is 21.3. The van der Waals surface area contributed by atoms with Gasteiger partial charge in [0, 0.05) is 5.69 Å². The van der Waals surface area contributed by atoms with Crippen molar-refractivity contribution in [1.82, 2.24) is 0 Å². The predicted molar refractivity (Wildman–Crippen MR) is 131 cm³/mol. The van der Waals surface area contributed by atoms with Crippen LogP contribution in [0.25, 0.3) is 0 Å². The van der Waals surface area contributed by atoms with Gasteiger partial charge >= 0.3 is 0 Å². The van der Waals surface area contributed by atoms with Gasteiger partial charge in [-0.3, -0.25) is 0 Å². The maximum absolute atomic E-state index is 11.8. The highest BCUT2D eigenvalue weighted by Gasteiger charge is 2.17. The van der Waals surface area contributed by atoms with Gasteiger partial charge < -0.3 is 15.6 Å². The van der Waals surface area contributed by atoms with Gasteiger partial charge in [-0.25, -0.2) is 4.21 Å². The Bertz CT molecular complexity index is 579. The molecule has 0 aliphatic rings. The van der Waals surface area contributed by atoms with Crippen LogP contribution in [0.15, 0.2) is 24.3 Å². The molecule has 0 saturated carbocycles. The first kappa shape index (κ1) is 26.1. The summed E-state index contributed by atoms with van der Waals surface area (Å²) in [4.78, 5) is 0. The first-order chi connectivity index (χ1) is 14.0. The average molecular weight is 441 g/mol. The summed E-state index contributed by atoms with van der Waals surface area (Å²) < 4.78 is 21.5. The second-order valence-corrected chi connectivity index (χ2v) is 9.47. The van der Waals surface area contributed by atoms with Crippen molar-refractivity contribution in [3.05, 3.63) is 29.8 Å². The van der Waals surface area contributed by atoms with Gasteiger partial charge in [0.2, 0.25) is 0 Å². The summed E-state index contributed by atoms with van der Waals surface area (Å²) in [5.41, 5.74) is 7.15. The summed E-state index contributed by atoms with van der Waals surface area (Å²) >= 11 is 2.96. The van der Waals surface area contributed by atoms with Crippen LogP contribution < -0.4 is 11.1 Å². The molecule has 166 valence electrons. The molecule has 29 heavy (non-hydrogen) atoms. The molecule has 0 spiro atoms. The maximum atomic E-state index is 11.8. The largest absolute Gasteiger partial charge is 0.376 e. The lowest BCUT2D eigenvalue weighted by Crippen LogP contribution is -2.18. The molecule has 1 aromatic rings. The van der Waals surface area contributed by atoms with Crippen LogP contribution in [-0.2, 0) is 11.1 Å². The van der Waals surface area contributed by atoms with Crippen molar-refractivity contribution in [1.29, 1.82) is 0 Å². The summed E-state index contributed by atoms with van der Waals surface area (Å²) in [5, 5.41) is 2.75. The third kappa shape index (κ3) is 13.0. The fourth-order valence-electron chi connectivity index (χ4n) is 3.65. The van der Waals surface area contributed by atoms with Crippen molar-refractivity contribution in [3.8, 4) is 0 Å². The van der Waals surface area contributed by atoms with Crippen LogP contribution >= 0.6 is 12.2 Å². The number of unbranched alkanes of at least 4 members (excludes halogenated alkanes) is 12. The minimum Gasteiger partial charge on any atom is -0.376 e. The van der Waals surface area contributed by atoms with Crippen LogP contribution in [0.3, 0.4) is 0 Å². The third-order valence-electron chi connectivity index (χ3n) is 5.36. The second-order valence-electron chi connectivity index (χ2n) is 7.91. The summed E-state index contributed by atoms with van der Waals surface area (Å²) in [6.45, 7) is 2.26. The third-order valence-corrected chi connectivity index (χ3v) is 6.46. The molecule has 0 aliphatic heterocycles. The van der Waals surface area contributed by atoms with Crippen molar-refractivity contribution in [2.24, 2.45) is 5.73 Å². The summed E-state index contributed by atoms with van der Waals surface area (Å²) in [6, 6.07) is 7.44. The van der Waals surface area contributed by atoms with Crippen molar-refractivity contribution in [2.45, 2.75) is 102 Å². The first-order valence-electron chi connectivity index (χ1n) is 11.3. The van der Waals surface area contributed by atoms with Gasteiger partial charge in [-0.1, -0.05) is 103 Å². The van der Waals surface area contributed by atoms with E-state index in [1.54, 1.807) is 0 Å². The van der Waals surface area contributed by atoms with Crippen LogP contribution in [0.1, 0.15) is 108 Å². The molecule has 2 unspecified atom stereocenters. The molecule has 0 heterocycles. The number of thiocarbonyl (C=S) groups is 1. The number of nitrogens with two attached hydrogens (primary N) is 1. The van der Waals surface area contributed by atoms with Crippen molar-refractivity contribution >= 4 is 34.1 Å². The molecule has 1 aromatic carbocycles. The summed E-state index contributed by atoms with van der Waals surface area (Å²) in [6.07, 6.45) is 17.7. The molecule has 1 rings (SSSR count). The monoisotopic (exact) mass is 440 g/mol. The molecular formula is C23H40N2O2S2. The number of hydrogen-bond donors (Lipinski definition) is 3. The molecule has 2 atom stereocenters. The van der Waals surface area contributed by atoms with E-state index in [0.717, 1.165) is 30.5 Å². The molecule has 0 fully saturated rings. The van der Waals surface area contributed by atoms with E-state index in [1.807, 2.05) is 24.3 Å². The highest BCUT2D eigenvalue weighted by atomic mass is 32.2. The van der Waals surface area contributed by atoms with E-state index < -0.39 is 11.1 Å². The molecule has 6 heteroatoms. The Morgan fingerprint density at radius 2 is 1.38 bits per heavy atom. The molecule has 0 aliphatic carbocycles. The van der Waals surface area contributed by atoms with Crippen LogP contribution in [0.5, 0.6) is 0 Å². The quantitative estimate of drug-likeness (QED) is 0.137. The number of anilines is 1. The predicted octanol–water partition coefficient (Wildman–Crippen LogP) is 7.09. The summed E-state index contributed by atoms with van der Waals surface area (Å²) in [7, 11) is 0. The average Bonchev–Trinajstić information content (AvgIpc) is 2.68. The molecule has 4 nitrogen and oxygen atoms in total. The minimum absolute atomic E-state index is 0.215. The lowest BCUT2D eigenvalue weighted by atomic mass is 10.0. The van der Waals surface area contributed by atoms with E-state index in [4.69, 9.17) is 18.0 Å². The number of rotatable bonds is 17. The molecule has 0 amide bonds. The maximum Gasteiger partial charge on any atom is 0.168 e. The number of benzene rings is 1. The van der Waals surface area contributed by atoms with Crippen LogP contribution in [0.4, 0.5) is 5.69 Å². The number of nitrogens with one attached hydrogen (secondary N) is 1. The van der Waals surface area contributed by atoms with Gasteiger partial charge in [0.25, 0.3) is 0 Å². The van der Waals surface area contributed by atoms with Gasteiger partial charge in [0.05, 0.1) is 5.25 Å². The van der Waals surface area contributed by atoms with Gasteiger partial charge in [0.15, 0.2) is 16.2 Å². The highest BCUT2D eigenvalue weighted by molar-refractivity contribution is 7.80. The Morgan fingerprint density at radius 1 is 0.931 bits per heavy atom. The SMILES string of the molecule is CCCCCCCCCCCCCCCC(c1ccc(NC(N)=S)cc1)S(=O)O. The van der Waals surface area contributed by atoms with Crippen LogP contribution in [0.2, 0.25) is 0 Å². The zero-order valence-corrected chi connectivity index (χ0v) is 19.7. The van der Waals surface area contributed by atoms with E-state index in [0.29, 0.717) is 0 Å². The molecule has 0 aromatic heterocycles. The highest BCUT2D eigenvalue weighted by Crippen LogP contribution is 2.27. The van der Waals surface area contributed by atoms with E-state index in [1.165, 1.54) is 70.6 Å². The first-order valence-corrected chi connectivity index (χ1v) is 12.9. The van der Waals surface area contributed by atoms with E-state index in [9.17, 15) is 8.76 Å². The van der Waals surface area contributed by atoms with Crippen molar-refractivity contribution < 1.29 is 8.76 Å². The lowest BCUT2D eigenvalue weighted by Gasteiger charge is -2.14. The van der Waals surface area contributed by atoms with Crippen LogP contribution in [-0.4, -0.2) is 13.9 Å². The Morgan fingerprint density at radius 3 is 1.79 bits per heavy atom. The summed E-state index contributed by atoms with van der Waals surface area (Å²) in [5.74, 6) is 0. The Balaban J connectivity index is 2.13. The Hall–Kier alpha value is -0.980.